The summed E-state index contributed by atoms with van der Waals surface area (Å²) in [5.41, 5.74) is 7.19. The molecule has 0 aromatic heterocycles. The Balaban J connectivity index is 1.70. The molecule has 0 spiro atoms. The lowest BCUT2D eigenvalue weighted by Crippen LogP contribution is -2.50. The number of primary amides is 1. The Morgan fingerprint density at radius 3 is 2.38 bits per heavy atom. The van der Waals surface area contributed by atoms with Crippen LogP contribution in [-0.4, -0.2) is 48.8 Å². The van der Waals surface area contributed by atoms with Gasteiger partial charge in [0.15, 0.2) is 0 Å². The number of para-hydroxylation sites is 1. The largest absolute Gasteiger partial charge is 0.495 e. The van der Waals surface area contributed by atoms with Crippen LogP contribution in [0.15, 0.2) is 53.5 Å². The van der Waals surface area contributed by atoms with Gasteiger partial charge in [0.2, 0.25) is 23.9 Å². The van der Waals surface area contributed by atoms with Gasteiger partial charge in [-0.2, -0.15) is 13.2 Å². The molecule has 2 aromatic carbocycles. The van der Waals surface area contributed by atoms with Crippen LogP contribution >= 0.6 is 0 Å². The predicted octanol–water partition coefficient (Wildman–Crippen LogP) is 4.81. The van der Waals surface area contributed by atoms with Crippen LogP contribution in [0, 0.1) is 17.8 Å². The highest BCUT2D eigenvalue weighted by Gasteiger charge is 2.45. The fourth-order valence-corrected chi connectivity index (χ4v) is 5.62. The van der Waals surface area contributed by atoms with Crippen LogP contribution in [0.3, 0.4) is 0 Å². The Morgan fingerprint density at radius 1 is 1.12 bits per heavy atom. The molecular weight excluding hydrogens is 563 g/mol. The summed E-state index contributed by atoms with van der Waals surface area (Å²) in [5, 5.41) is 5.07. The highest BCUT2D eigenvalue weighted by Crippen LogP contribution is 2.43. The van der Waals surface area contributed by atoms with Crippen LogP contribution < -0.4 is 21.1 Å². The number of benzodiazepines with no additional fused rings is 1. The molecule has 1 aliphatic carbocycles. The Bertz CT molecular complexity index is 1340. The number of alkyl halides is 5. The zero-order valence-corrected chi connectivity index (χ0v) is 22.7. The third kappa shape index (κ3) is 7.24. The van der Waals surface area contributed by atoms with E-state index in [0.29, 0.717) is 22.6 Å². The topological polar surface area (TPSA) is 123 Å². The van der Waals surface area contributed by atoms with Gasteiger partial charge in [-0.25, -0.2) is 13.8 Å². The van der Waals surface area contributed by atoms with E-state index < -0.39 is 79.4 Å². The number of nitrogens with two attached hydrogens (primary N) is 1. The number of fused-ring (bicyclic) bond motifs is 1. The minimum absolute atomic E-state index is 0.189. The smallest absolute Gasteiger partial charge is 0.389 e. The lowest BCUT2D eigenvalue weighted by atomic mass is 9.71. The van der Waals surface area contributed by atoms with Gasteiger partial charge in [0.25, 0.3) is 5.91 Å². The van der Waals surface area contributed by atoms with Crippen molar-refractivity contribution < 1.29 is 41.1 Å². The third-order valence-corrected chi connectivity index (χ3v) is 7.69. The van der Waals surface area contributed by atoms with Crippen LogP contribution in [0.5, 0.6) is 5.75 Å². The lowest BCUT2D eigenvalue weighted by Gasteiger charge is -2.36. The molecule has 0 saturated heterocycles. The molecule has 3 unspecified atom stereocenters. The third-order valence-electron chi connectivity index (χ3n) is 7.69. The van der Waals surface area contributed by atoms with Crippen molar-refractivity contribution in [1.82, 2.24) is 5.32 Å². The quantitative estimate of drug-likeness (QED) is 0.361. The molecule has 3 amide bonds. The fourth-order valence-electron chi connectivity index (χ4n) is 5.62. The zero-order chi connectivity index (χ0) is 30.7. The minimum Gasteiger partial charge on any atom is -0.495 e. The Kier molecular flexibility index (Phi) is 9.17. The number of ether oxygens (including phenoxy) is 1. The molecule has 2 aromatic rings. The molecular formula is C29H31F5N4O4. The van der Waals surface area contributed by atoms with Gasteiger partial charge in [0, 0.05) is 30.4 Å². The molecule has 1 heterocycles. The summed E-state index contributed by atoms with van der Waals surface area (Å²) in [4.78, 5) is 44.0. The number of carbonyl (C=O) groups is 3. The normalized spacial score (nSPS) is 20.3. The first-order valence-corrected chi connectivity index (χ1v) is 13.5. The summed E-state index contributed by atoms with van der Waals surface area (Å²) in [6.07, 6.45) is -10.1. The summed E-state index contributed by atoms with van der Waals surface area (Å²) in [6.45, 7) is 0. The molecule has 4 rings (SSSR count). The first-order valence-electron chi connectivity index (χ1n) is 13.5. The van der Waals surface area contributed by atoms with Crippen LogP contribution in [-0.2, 0) is 14.4 Å². The number of methoxy groups -OCH3 is 1. The summed E-state index contributed by atoms with van der Waals surface area (Å²) in [6, 6.07) is 13.7. The van der Waals surface area contributed by atoms with Gasteiger partial charge in [-0.15, -0.1) is 0 Å². The molecule has 1 fully saturated rings. The number of hydrogen-bond donors (Lipinski definition) is 3. The van der Waals surface area contributed by atoms with Gasteiger partial charge in [-0.3, -0.25) is 14.4 Å². The highest BCUT2D eigenvalue weighted by atomic mass is 19.4. The fraction of sp³-hybridized carbons (Fsp3) is 0.448. The van der Waals surface area contributed by atoms with Crippen molar-refractivity contribution in [3.8, 4) is 5.75 Å². The first kappa shape index (κ1) is 30.9. The van der Waals surface area contributed by atoms with Gasteiger partial charge < -0.3 is 21.1 Å². The second kappa shape index (κ2) is 12.5. The number of benzene rings is 2. The summed E-state index contributed by atoms with van der Waals surface area (Å²) in [5.74, 6) is -9.51. The van der Waals surface area contributed by atoms with E-state index in [4.69, 9.17) is 10.5 Å². The monoisotopic (exact) mass is 594 g/mol. The number of aliphatic imine (C=N–C) groups is 1. The summed E-state index contributed by atoms with van der Waals surface area (Å²) >= 11 is 0. The number of amides is 3. The SMILES string of the molecule is COc1cccc2c1NC(=O)C(NC(=O)C(CCC(F)(F)F)C(C(N)=O)C1CCC(F)(F)CC1)N=C2c1ccccc1. The summed E-state index contributed by atoms with van der Waals surface area (Å²) < 4.78 is 72.9. The van der Waals surface area contributed by atoms with Crippen molar-refractivity contribution in [2.45, 2.75) is 56.8 Å². The molecule has 1 aliphatic heterocycles. The van der Waals surface area contributed by atoms with E-state index in [9.17, 15) is 36.3 Å². The van der Waals surface area contributed by atoms with Crippen LogP contribution in [0.1, 0.15) is 49.7 Å². The van der Waals surface area contributed by atoms with E-state index in [2.05, 4.69) is 15.6 Å². The van der Waals surface area contributed by atoms with Gasteiger partial charge in [0.1, 0.15) is 5.75 Å². The molecule has 0 bridgehead atoms. The zero-order valence-electron chi connectivity index (χ0n) is 22.7. The summed E-state index contributed by atoms with van der Waals surface area (Å²) in [7, 11) is 1.40. The first-order chi connectivity index (χ1) is 19.8. The molecule has 0 radical (unpaired) electrons. The molecule has 1 saturated carbocycles. The van der Waals surface area contributed by atoms with E-state index >= 15 is 0 Å². The van der Waals surface area contributed by atoms with Gasteiger partial charge in [-0.1, -0.05) is 42.5 Å². The number of anilines is 1. The average molecular weight is 595 g/mol. The standard InChI is InChI=1S/C29H31F5N4O4/c1-42-20-9-5-8-19-22(17-6-3-2-4-7-17)36-25(27(41)37-23(19)20)38-26(40)18(12-15-29(32,33)34)21(24(35)39)16-10-13-28(30,31)14-11-16/h2-9,16,18,21,25H,10-15H2,1H3,(H2,35,39)(H,37,41)(H,38,40). The van der Waals surface area contributed by atoms with Crippen LogP contribution in [0.2, 0.25) is 0 Å². The number of rotatable bonds is 9. The van der Waals surface area contributed by atoms with Crippen molar-refractivity contribution >= 4 is 29.1 Å². The molecule has 8 nitrogen and oxygen atoms in total. The van der Waals surface area contributed by atoms with Gasteiger partial charge in [-0.05, 0) is 31.2 Å². The second-order valence-corrected chi connectivity index (χ2v) is 10.5. The second-order valence-electron chi connectivity index (χ2n) is 10.5. The Morgan fingerprint density at radius 2 is 1.79 bits per heavy atom. The molecule has 226 valence electrons. The molecule has 4 N–H and O–H groups in total. The predicted molar refractivity (Wildman–Crippen MR) is 144 cm³/mol. The van der Waals surface area contributed by atoms with Crippen molar-refractivity contribution in [2.75, 3.05) is 12.4 Å². The van der Waals surface area contributed by atoms with E-state index in [1.165, 1.54) is 7.11 Å². The van der Waals surface area contributed by atoms with E-state index in [1.807, 2.05) is 0 Å². The molecule has 2 aliphatic rings. The lowest BCUT2D eigenvalue weighted by molar-refractivity contribution is -0.149. The van der Waals surface area contributed by atoms with Crippen molar-refractivity contribution in [3.63, 3.8) is 0 Å². The van der Waals surface area contributed by atoms with E-state index in [1.54, 1.807) is 48.5 Å². The Hall–Kier alpha value is -4.03. The Labute approximate surface area is 238 Å². The van der Waals surface area contributed by atoms with E-state index in [-0.39, 0.29) is 18.5 Å². The molecule has 3 atom stereocenters. The van der Waals surface area contributed by atoms with Crippen molar-refractivity contribution in [2.24, 2.45) is 28.5 Å². The number of nitrogens with zero attached hydrogens (tertiary/aromatic N) is 1. The van der Waals surface area contributed by atoms with Gasteiger partial charge in [0.05, 0.1) is 30.3 Å². The number of carbonyl (C=O) groups excluding carboxylic acids is 3. The van der Waals surface area contributed by atoms with E-state index in [0.717, 1.165) is 0 Å². The van der Waals surface area contributed by atoms with Crippen LogP contribution in [0.4, 0.5) is 27.6 Å². The maximum Gasteiger partial charge on any atom is 0.389 e. The van der Waals surface area contributed by atoms with Crippen molar-refractivity contribution in [3.05, 3.63) is 59.7 Å². The molecule has 13 heteroatoms. The van der Waals surface area contributed by atoms with Crippen molar-refractivity contribution in [1.29, 1.82) is 0 Å². The number of halogens is 5. The average Bonchev–Trinajstić information content (AvgIpc) is 3.07. The minimum atomic E-state index is -4.67. The maximum atomic E-state index is 13.8. The van der Waals surface area contributed by atoms with Gasteiger partial charge >= 0.3 is 6.18 Å². The molecule has 42 heavy (non-hydrogen) atoms. The highest BCUT2D eigenvalue weighted by molar-refractivity contribution is 6.20. The number of hydrogen-bond acceptors (Lipinski definition) is 5. The van der Waals surface area contributed by atoms with Crippen LogP contribution in [0.25, 0.3) is 0 Å². The maximum absolute atomic E-state index is 13.8. The number of nitrogens with one attached hydrogen (secondary N) is 2.